The second kappa shape index (κ2) is 20.2. The predicted octanol–water partition coefficient (Wildman–Crippen LogP) is 2.89. The molecule has 0 unspecified atom stereocenters. The Hall–Kier alpha value is -4.84. The number of carbonyl (C=O) groups is 2. The Kier molecular flexibility index (Phi) is 16.3. The van der Waals surface area contributed by atoms with Crippen molar-refractivity contribution in [2.24, 2.45) is 0 Å². The molecule has 4 rings (SSSR count). The summed E-state index contributed by atoms with van der Waals surface area (Å²) in [6.45, 7) is 0.721. The normalized spacial score (nSPS) is 9.82. The van der Waals surface area contributed by atoms with Gasteiger partial charge in [-0.15, -0.1) is 0 Å². The monoisotopic (exact) mass is 670 g/mol. The van der Waals surface area contributed by atoms with Gasteiger partial charge < -0.3 is 48.5 Å². The Morgan fingerprint density at radius 1 is 0.533 bits per heavy atom. The van der Waals surface area contributed by atoms with E-state index in [4.69, 9.17) is 38.5 Å². The topological polar surface area (TPSA) is 154 Å². The molecule has 0 aromatic heterocycles. The number of carbonyl (C=O) groups excluding carboxylic acids is 2. The molecule has 4 aromatic carbocycles. The van der Waals surface area contributed by atoms with Gasteiger partial charge in [0.2, 0.25) is 11.5 Å². The van der Waals surface area contributed by atoms with E-state index in [1.54, 1.807) is 12.1 Å². The van der Waals surface area contributed by atoms with E-state index in [1.165, 1.54) is 38.5 Å². The van der Waals surface area contributed by atoms with Gasteiger partial charge in [-0.1, -0.05) is 48.5 Å². The molecule has 232 valence electrons. The summed E-state index contributed by atoms with van der Waals surface area (Å²) >= 11 is 0. The molecule has 4 aromatic rings. The van der Waals surface area contributed by atoms with Crippen molar-refractivity contribution < 1.29 is 77.8 Å². The number of methoxy groups -OCH3 is 2. The van der Waals surface area contributed by atoms with Crippen LogP contribution in [0.3, 0.4) is 0 Å². The molecular formula is C32H30O12Zn. The van der Waals surface area contributed by atoms with Crippen molar-refractivity contribution in [3.05, 3.63) is 108 Å². The van der Waals surface area contributed by atoms with Gasteiger partial charge in [0, 0.05) is 11.1 Å². The molecule has 0 bridgehead atoms. The fraction of sp³-hybridized carbons (Fsp3) is 0.188. The molecule has 45 heavy (non-hydrogen) atoms. The summed E-state index contributed by atoms with van der Waals surface area (Å²) in [5, 5.41) is 22.1. The zero-order valence-corrected chi connectivity index (χ0v) is 27.6. The molecule has 0 spiro atoms. The van der Waals surface area contributed by atoms with Gasteiger partial charge in [0.15, 0.2) is 11.5 Å². The SMILES string of the molecule is COc1cccc(C(=O)[O-])c1OOCCOc1ccccc1.COc1cccc(C(=O)[O-])c1OOCCOc1ccccc1.[Zn+2]. The molecule has 0 aliphatic carbocycles. The van der Waals surface area contributed by atoms with Gasteiger partial charge in [-0.05, 0) is 48.5 Å². The average molecular weight is 672 g/mol. The van der Waals surface area contributed by atoms with Crippen LogP contribution in [-0.2, 0) is 29.3 Å². The van der Waals surface area contributed by atoms with Gasteiger partial charge in [0.1, 0.15) is 37.9 Å². The van der Waals surface area contributed by atoms with Crippen LogP contribution in [-0.4, -0.2) is 52.6 Å². The minimum Gasteiger partial charge on any atom is -0.545 e. The van der Waals surface area contributed by atoms with Crippen LogP contribution in [0.1, 0.15) is 20.7 Å². The smallest absolute Gasteiger partial charge is 0.545 e. The van der Waals surface area contributed by atoms with E-state index in [2.05, 4.69) is 0 Å². The fourth-order valence-electron chi connectivity index (χ4n) is 3.47. The number of rotatable bonds is 16. The van der Waals surface area contributed by atoms with Crippen LogP contribution in [0.2, 0.25) is 0 Å². The first-order valence-electron chi connectivity index (χ1n) is 13.2. The molecule has 0 N–H and O–H groups in total. The fourth-order valence-corrected chi connectivity index (χ4v) is 3.47. The van der Waals surface area contributed by atoms with Crippen molar-refractivity contribution >= 4 is 11.9 Å². The maximum Gasteiger partial charge on any atom is 2.00 e. The van der Waals surface area contributed by atoms with Crippen molar-refractivity contribution in [1.82, 2.24) is 0 Å². The molecule has 0 atom stereocenters. The Balaban J connectivity index is 0.000000307. The van der Waals surface area contributed by atoms with Crippen LogP contribution in [0, 0.1) is 0 Å². The van der Waals surface area contributed by atoms with E-state index in [9.17, 15) is 19.8 Å². The molecule has 0 aliphatic rings. The van der Waals surface area contributed by atoms with Crippen LogP contribution in [0.25, 0.3) is 0 Å². The third-order valence-electron chi connectivity index (χ3n) is 5.48. The van der Waals surface area contributed by atoms with Gasteiger partial charge in [-0.2, -0.15) is 9.78 Å². The molecule has 0 amide bonds. The number of para-hydroxylation sites is 4. The molecule has 0 heterocycles. The van der Waals surface area contributed by atoms with E-state index >= 15 is 0 Å². The summed E-state index contributed by atoms with van der Waals surface area (Å²) in [5.41, 5.74) is -0.299. The largest absolute Gasteiger partial charge is 2.00 e. The number of hydrogen-bond acceptors (Lipinski definition) is 12. The van der Waals surface area contributed by atoms with Crippen molar-refractivity contribution in [1.29, 1.82) is 0 Å². The molecule has 0 aliphatic heterocycles. The number of benzene rings is 4. The van der Waals surface area contributed by atoms with E-state index < -0.39 is 11.9 Å². The second-order valence-electron chi connectivity index (χ2n) is 8.38. The van der Waals surface area contributed by atoms with Crippen molar-refractivity contribution in [2.45, 2.75) is 0 Å². The molecule has 0 saturated heterocycles. The van der Waals surface area contributed by atoms with Gasteiger partial charge in [0.05, 0.1) is 26.2 Å². The number of ether oxygens (including phenoxy) is 4. The van der Waals surface area contributed by atoms with Crippen LogP contribution >= 0.6 is 0 Å². The van der Waals surface area contributed by atoms with Crippen LogP contribution in [0.4, 0.5) is 0 Å². The van der Waals surface area contributed by atoms with Crippen molar-refractivity contribution in [2.75, 3.05) is 40.6 Å². The Labute approximate surface area is 272 Å². The van der Waals surface area contributed by atoms with Gasteiger partial charge in [0.25, 0.3) is 0 Å². The van der Waals surface area contributed by atoms with E-state index in [-0.39, 0.29) is 80.0 Å². The molecule has 0 fully saturated rings. The first kappa shape index (κ1) is 36.4. The Morgan fingerprint density at radius 2 is 0.911 bits per heavy atom. The quantitative estimate of drug-likeness (QED) is 0.0745. The third kappa shape index (κ3) is 12.0. The molecule has 13 heteroatoms. The average Bonchev–Trinajstić information content (AvgIpc) is 3.05. The van der Waals surface area contributed by atoms with Crippen molar-refractivity contribution in [3.63, 3.8) is 0 Å². The van der Waals surface area contributed by atoms with Gasteiger partial charge >= 0.3 is 19.5 Å². The maximum absolute atomic E-state index is 11.0. The summed E-state index contributed by atoms with van der Waals surface area (Å²) in [7, 11) is 2.81. The number of carboxylic acid groups (broad SMARTS) is 2. The molecule has 12 nitrogen and oxygen atoms in total. The molecule has 0 saturated carbocycles. The third-order valence-corrected chi connectivity index (χ3v) is 5.48. The van der Waals surface area contributed by atoms with Crippen molar-refractivity contribution in [3.8, 4) is 34.5 Å². The van der Waals surface area contributed by atoms with E-state index in [0.717, 1.165) is 0 Å². The summed E-state index contributed by atoms with van der Waals surface area (Å²) < 4.78 is 20.9. The Morgan fingerprint density at radius 3 is 1.24 bits per heavy atom. The summed E-state index contributed by atoms with van der Waals surface area (Å²) in [6.07, 6.45) is 0. The zero-order valence-electron chi connectivity index (χ0n) is 24.7. The Bertz CT molecular complexity index is 1340. The summed E-state index contributed by atoms with van der Waals surface area (Å²) in [6, 6.07) is 27.3. The minimum atomic E-state index is -1.38. The van der Waals surface area contributed by atoms with E-state index in [1.807, 2.05) is 60.7 Å². The second-order valence-corrected chi connectivity index (χ2v) is 8.38. The molecule has 0 radical (unpaired) electrons. The molecular weight excluding hydrogens is 642 g/mol. The first-order valence-corrected chi connectivity index (χ1v) is 13.2. The van der Waals surface area contributed by atoms with Crippen LogP contribution < -0.4 is 38.9 Å². The van der Waals surface area contributed by atoms with E-state index in [0.29, 0.717) is 11.5 Å². The summed E-state index contributed by atoms with van der Waals surface area (Å²) in [4.78, 5) is 42.1. The standard InChI is InChI=1S/2C16H16O6.Zn/c2*1-19-14-9-5-8-13(16(17)18)15(14)22-21-11-10-20-12-6-3-2-4-7-12;/h2*2-9H,10-11H2,1H3,(H,17,18);/q;;+2/p-2. The predicted molar refractivity (Wildman–Crippen MR) is 152 cm³/mol. The zero-order chi connectivity index (χ0) is 31.6. The van der Waals surface area contributed by atoms with Crippen LogP contribution in [0.15, 0.2) is 97.1 Å². The first-order chi connectivity index (χ1) is 21.4. The van der Waals surface area contributed by atoms with Gasteiger partial charge in [-0.3, -0.25) is 0 Å². The number of hydrogen-bond donors (Lipinski definition) is 0. The summed E-state index contributed by atoms with van der Waals surface area (Å²) in [5.74, 6) is -0.931. The van der Waals surface area contributed by atoms with Crippen LogP contribution in [0.5, 0.6) is 34.5 Å². The maximum atomic E-state index is 11.0. The number of aromatic carboxylic acids is 2. The van der Waals surface area contributed by atoms with Gasteiger partial charge in [-0.25, -0.2) is 0 Å². The number of carboxylic acids is 2. The minimum absolute atomic E-state index is 0.